The standard InChI is InChI=1S/C20H14O4/c1-2-19(21)23-17-12-6-11-16-15(17)10-7-13-18(16)24-20(22)14-8-4-3-5-9-14/h2-13H,1H2. The maximum atomic E-state index is 12.2. The van der Waals surface area contributed by atoms with E-state index in [9.17, 15) is 9.59 Å². The highest BCUT2D eigenvalue weighted by Crippen LogP contribution is 2.32. The SMILES string of the molecule is C=CC(=O)Oc1cccc2c(OC(=O)c3ccccc3)cccc12. The molecule has 0 atom stereocenters. The van der Waals surface area contributed by atoms with Gasteiger partial charge in [-0.2, -0.15) is 0 Å². The summed E-state index contributed by atoms with van der Waals surface area (Å²) >= 11 is 0. The Hall–Kier alpha value is -3.40. The lowest BCUT2D eigenvalue weighted by Gasteiger charge is -2.10. The van der Waals surface area contributed by atoms with E-state index >= 15 is 0 Å². The number of fused-ring (bicyclic) bond motifs is 1. The minimum atomic E-state index is -0.547. The number of esters is 2. The third-order valence-corrected chi connectivity index (χ3v) is 3.43. The van der Waals surface area contributed by atoms with Crippen molar-refractivity contribution in [3.05, 3.63) is 84.9 Å². The first-order valence-electron chi connectivity index (χ1n) is 7.32. The van der Waals surface area contributed by atoms with E-state index in [1.54, 1.807) is 60.7 Å². The third-order valence-electron chi connectivity index (χ3n) is 3.43. The van der Waals surface area contributed by atoms with Crippen molar-refractivity contribution in [1.29, 1.82) is 0 Å². The maximum Gasteiger partial charge on any atom is 0.343 e. The second kappa shape index (κ2) is 6.79. The molecule has 3 aromatic rings. The van der Waals surface area contributed by atoms with Crippen LogP contribution < -0.4 is 9.47 Å². The van der Waals surface area contributed by atoms with Crippen molar-refractivity contribution in [2.24, 2.45) is 0 Å². The summed E-state index contributed by atoms with van der Waals surface area (Å²) in [7, 11) is 0. The topological polar surface area (TPSA) is 52.6 Å². The molecular formula is C20H14O4. The zero-order chi connectivity index (χ0) is 16.9. The van der Waals surface area contributed by atoms with Crippen molar-refractivity contribution in [3.63, 3.8) is 0 Å². The van der Waals surface area contributed by atoms with E-state index in [1.807, 2.05) is 6.07 Å². The average molecular weight is 318 g/mol. The summed E-state index contributed by atoms with van der Waals surface area (Å²) in [6.45, 7) is 3.38. The summed E-state index contributed by atoms with van der Waals surface area (Å²) in [5.74, 6) is -0.210. The summed E-state index contributed by atoms with van der Waals surface area (Å²) in [5, 5.41) is 1.35. The fourth-order valence-electron chi connectivity index (χ4n) is 2.31. The second-order valence-corrected chi connectivity index (χ2v) is 4.99. The molecule has 0 aliphatic rings. The Labute approximate surface area is 138 Å². The first-order valence-corrected chi connectivity index (χ1v) is 7.32. The molecule has 0 amide bonds. The van der Waals surface area contributed by atoms with Gasteiger partial charge in [0, 0.05) is 16.8 Å². The molecule has 0 spiro atoms. The van der Waals surface area contributed by atoms with Gasteiger partial charge in [0.1, 0.15) is 11.5 Å². The van der Waals surface area contributed by atoms with Gasteiger partial charge in [-0.05, 0) is 24.3 Å². The molecule has 118 valence electrons. The fraction of sp³-hybridized carbons (Fsp3) is 0. The van der Waals surface area contributed by atoms with Gasteiger partial charge in [0.2, 0.25) is 0 Å². The van der Waals surface area contributed by atoms with E-state index in [2.05, 4.69) is 6.58 Å². The van der Waals surface area contributed by atoms with Crippen LogP contribution in [0.3, 0.4) is 0 Å². The number of ether oxygens (including phenoxy) is 2. The van der Waals surface area contributed by atoms with Crippen molar-refractivity contribution >= 4 is 22.7 Å². The van der Waals surface area contributed by atoms with Crippen LogP contribution in [0, 0.1) is 0 Å². The molecule has 3 rings (SSSR count). The van der Waals surface area contributed by atoms with E-state index < -0.39 is 11.9 Å². The lowest BCUT2D eigenvalue weighted by atomic mass is 10.1. The Bertz CT molecular complexity index is 913. The van der Waals surface area contributed by atoms with E-state index in [-0.39, 0.29) is 0 Å². The number of benzene rings is 3. The van der Waals surface area contributed by atoms with E-state index in [0.717, 1.165) is 6.08 Å². The zero-order valence-corrected chi connectivity index (χ0v) is 12.8. The van der Waals surface area contributed by atoms with E-state index in [4.69, 9.17) is 9.47 Å². The van der Waals surface area contributed by atoms with Crippen molar-refractivity contribution < 1.29 is 19.1 Å². The van der Waals surface area contributed by atoms with Crippen LogP contribution >= 0.6 is 0 Å². The minimum absolute atomic E-state index is 0.384. The van der Waals surface area contributed by atoms with Gasteiger partial charge in [-0.25, -0.2) is 9.59 Å². The van der Waals surface area contributed by atoms with Crippen LogP contribution in [-0.2, 0) is 4.79 Å². The van der Waals surface area contributed by atoms with Crippen molar-refractivity contribution in [2.45, 2.75) is 0 Å². The lowest BCUT2D eigenvalue weighted by molar-refractivity contribution is -0.128. The summed E-state index contributed by atoms with van der Waals surface area (Å²) < 4.78 is 10.7. The quantitative estimate of drug-likeness (QED) is 0.412. The number of rotatable bonds is 4. The molecule has 0 N–H and O–H groups in total. The largest absolute Gasteiger partial charge is 0.423 e. The summed E-state index contributed by atoms with van der Waals surface area (Å²) in [4.78, 5) is 23.7. The van der Waals surface area contributed by atoms with Gasteiger partial charge >= 0.3 is 11.9 Å². The fourth-order valence-corrected chi connectivity index (χ4v) is 2.31. The molecule has 0 heterocycles. The highest BCUT2D eigenvalue weighted by atomic mass is 16.5. The highest BCUT2D eigenvalue weighted by molar-refractivity contribution is 5.98. The summed E-state index contributed by atoms with van der Waals surface area (Å²) in [5.41, 5.74) is 0.462. The molecule has 4 nitrogen and oxygen atoms in total. The lowest BCUT2D eigenvalue weighted by Crippen LogP contribution is -2.08. The Kier molecular flexibility index (Phi) is 4.38. The van der Waals surface area contributed by atoms with Gasteiger partial charge in [-0.1, -0.05) is 49.0 Å². The first-order chi connectivity index (χ1) is 11.7. The van der Waals surface area contributed by atoms with Crippen LogP contribution in [0.1, 0.15) is 10.4 Å². The maximum absolute atomic E-state index is 12.2. The average Bonchev–Trinajstić information content (AvgIpc) is 2.63. The first kappa shape index (κ1) is 15.5. The van der Waals surface area contributed by atoms with Gasteiger partial charge in [-0.15, -0.1) is 0 Å². The molecule has 0 bridgehead atoms. The monoisotopic (exact) mass is 318 g/mol. The predicted octanol–water partition coefficient (Wildman–Crippen LogP) is 4.15. The summed E-state index contributed by atoms with van der Waals surface area (Å²) in [6.07, 6.45) is 1.10. The number of carbonyl (C=O) groups is 2. The highest BCUT2D eigenvalue weighted by Gasteiger charge is 2.13. The van der Waals surface area contributed by atoms with Gasteiger partial charge < -0.3 is 9.47 Å². The number of carbonyl (C=O) groups excluding carboxylic acids is 2. The van der Waals surface area contributed by atoms with Crippen LogP contribution in [0.15, 0.2) is 79.4 Å². The second-order valence-electron chi connectivity index (χ2n) is 4.99. The van der Waals surface area contributed by atoms with Gasteiger partial charge in [0.25, 0.3) is 0 Å². The Balaban J connectivity index is 1.97. The Morgan fingerprint density at radius 3 is 1.92 bits per heavy atom. The smallest absolute Gasteiger partial charge is 0.343 e. The zero-order valence-electron chi connectivity index (χ0n) is 12.8. The molecule has 0 saturated heterocycles. The molecule has 0 saturated carbocycles. The molecule has 0 aromatic heterocycles. The number of hydrogen-bond acceptors (Lipinski definition) is 4. The molecule has 0 aliphatic carbocycles. The van der Waals surface area contributed by atoms with E-state index in [0.29, 0.717) is 27.8 Å². The van der Waals surface area contributed by atoms with Crippen LogP contribution in [0.2, 0.25) is 0 Å². The Morgan fingerprint density at radius 2 is 1.33 bits per heavy atom. The molecule has 0 aliphatic heterocycles. The van der Waals surface area contributed by atoms with Gasteiger partial charge in [0.15, 0.2) is 0 Å². The van der Waals surface area contributed by atoms with Crippen molar-refractivity contribution in [2.75, 3.05) is 0 Å². The molecule has 0 fully saturated rings. The molecule has 0 radical (unpaired) electrons. The molecule has 0 unspecified atom stereocenters. The molecule has 3 aromatic carbocycles. The molecule has 24 heavy (non-hydrogen) atoms. The Morgan fingerprint density at radius 1 is 0.750 bits per heavy atom. The van der Waals surface area contributed by atoms with E-state index in [1.165, 1.54) is 0 Å². The summed E-state index contributed by atoms with van der Waals surface area (Å²) in [6, 6.07) is 19.2. The van der Waals surface area contributed by atoms with Crippen LogP contribution in [-0.4, -0.2) is 11.9 Å². The van der Waals surface area contributed by atoms with Crippen LogP contribution in [0.25, 0.3) is 10.8 Å². The van der Waals surface area contributed by atoms with Crippen LogP contribution in [0.4, 0.5) is 0 Å². The predicted molar refractivity (Wildman–Crippen MR) is 91.2 cm³/mol. The van der Waals surface area contributed by atoms with Crippen molar-refractivity contribution in [1.82, 2.24) is 0 Å². The minimum Gasteiger partial charge on any atom is -0.423 e. The molecular weight excluding hydrogens is 304 g/mol. The van der Waals surface area contributed by atoms with Gasteiger partial charge in [0.05, 0.1) is 5.56 Å². The normalized spacial score (nSPS) is 10.2. The third kappa shape index (κ3) is 3.17. The molecule has 4 heteroatoms. The van der Waals surface area contributed by atoms with Gasteiger partial charge in [-0.3, -0.25) is 0 Å². The van der Waals surface area contributed by atoms with Crippen LogP contribution in [0.5, 0.6) is 11.5 Å². The number of hydrogen-bond donors (Lipinski definition) is 0. The van der Waals surface area contributed by atoms with Crippen molar-refractivity contribution in [3.8, 4) is 11.5 Å².